The highest BCUT2D eigenvalue weighted by Gasteiger charge is 2.26. The van der Waals surface area contributed by atoms with Crippen LogP contribution in [-0.2, 0) is 4.79 Å². The Balaban J connectivity index is 1.90. The maximum absolute atomic E-state index is 11.9. The van der Waals surface area contributed by atoms with Crippen LogP contribution >= 0.6 is 22.6 Å². The van der Waals surface area contributed by atoms with Crippen molar-refractivity contribution in [3.8, 4) is 11.5 Å². The van der Waals surface area contributed by atoms with Crippen LogP contribution in [0.4, 0.5) is 0 Å². The van der Waals surface area contributed by atoms with E-state index in [9.17, 15) is 4.79 Å². The van der Waals surface area contributed by atoms with E-state index in [-0.39, 0.29) is 17.6 Å². The highest BCUT2D eigenvalue weighted by molar-refractivity contribution is 14.1. The molecule has 0 unspecified atom stereocenters. The average molecular weight is 346 g/mol. The minimum atomic E-state index is -0.140. The first-order valence-electron chi connectivity index (χ1n) is 5.80. The van der Waals surface area contributed by atoms with Gasteiger partial charge in [-0.25, -0.2) is 0 Å². The van der Waals surface area contributed by atoms with Crippen molar-refractivity contribution in [2.24, 2.45) is 5.92 Å². The Labute approximate surface area is 114 Å². The highest BCUT2D eigenvalue weighted by atomic mass is 127. The monoisotopic (exact) mass is 346 g/mol. The van der Waals surface area contributed by atoms with Crippen LogP contribution in [0, 0.1) is 5.92 Å². The predicted molar refractivity (Wildman–Crippen MR) is 73.5 cm³/mol. The van der Waals surface area contributed by atoms with Crippen LogP contribution in [-0.4, -0.2) is 15.0 Å². The zero-order valence-corrected chi connectivity index (χ0v) is 11.6. The third kappa shape index (κ3) is 3.59. The standard InChI is InChI=1S/C13H15IO3/c14-10-3-1-9(2-4-10)13(16)17-12-7-5-11(15)6-8-12/h5-10,15H,1-4H2. The van der Waals surface area contributed by atoms with E-state index >= 15 is 0 Å². The molecule has 0 amide bonds. The van der Waals surface area contributed by atoms with Crippen molar-refractivity contribution in [1.82, 2.24) is 0 Å². The van der Waals surface area contributed by atoms with Gasteiger partial charge in [0, 0.05) is 3.92 Å². The van der Waals surface area contributed by atoms with Crippen LogP contribution in [0.2, 0.25) is 0 Å². The van der Waals surface area contributed by atoms with Crippen LogP contribution in [0.25, 0.3) is 0 Å². The van der Waals surface area contributed by atoms with E-state index in [1.807, 2.05) is 0 Å². The van der Waals surface area contributed by atoms with Crippen molar-refractivity contribution in [2.75, 3.05) is 0 Å². The van der Waals surface area contributed by atoms with E-state index < -0.39 is 0 Å². The number of phenolic OH excluding ortho intramolecular Hbond substituents is 1. The number of carbonyl (C=O) groups excluding carboxylic acids is 1. The summed E-state index contributed by atoms with van der Waals surface area (Å²) in [5, 5.41) is 9.13. The lowest BCUT2D eigenvalue weighted by atomic mass is 9.89. The summed E-state index contributed by atoms with van der Waals surface area (Å²) < 4.78 is 5.99. The first-order valence-corrected chi connectivity index (χ1v) is 7.04. The van der Waals surface area contributed by atoms with Crippen molar-refractivity contribution in [3.63, 3.8) is 0 Å². The van der Waals surface area contributed by atoms with Gasteiger partial charge >= 0.3 is 5.97 Å². The number of benzene rings is 1. The van der Waals surface area contributed by atoms with E-state index in [1.165, 1.54) is 12.1 Å². The Morgan fingerprint density at radius 2 is 1.76 bits per heavy atom. The van der Waals surface area contributed by atoms with Crippen LogP contribution in [0.5, 0.6) is 11.5 Å². The summed E-state index contributed by atoms with van der Waals surface area (Å²) in [5.41, 5.74) is 0. The summed E-state index contributed by atoms with van der Waals surface area (Å²) in [6.07, 6.45) is 4.03. The number of carbonyl (C=O) groups is 1. The third-order valence-electron chi connectivity index (χ3n) is 3.05. The van der Waals surface area contributed by atoms with Crippen LogP contribution in [0.1, 0.15) is 25.7 Å². The molecule has 0 heterocycles. The fourth-order valence-corrected chi connectivity index (χ4v) is 2.72. The van der Waals surface area contributed by atoms with Crippen molar-refractivity contribution in [2.45, 2.75) is 29.6 Å². The van der Waals surface area contributed by atoms with E-state index in [0.29, 0.717) is 9.67 Å². The molecule has 1 N–H and O–H groups in total. The van der Waals surface area contributed by atoms with E-state index in [4.69, 9.17) is 9.84 Å². The highest BCUT2D eigenvalue weighted by Crippen LogP contribution is 2.30. The molecule has 1 aromatic rings. The van der Waals surface area contributed by atoms with Crippen LogP contribution < -0.4 is 4.74 Å². The number of phenols is 1. The maximum Gasteiger partial charge on any atom is 0.314 e. The number of ether oxygens (including phenoxy) is 1. The van der Waals surface area contributed by atoms with Gasteiger partial charge in [0.1, 0.15) is 11.5 Å². The molecular formula is C13H15IO3. The first kappa shape index (κ1) is 12.7. The average Bonchev–Trinajstić information content (AvgIpc) is 2.33. The second kappa shape index (κ2) is 5.71. The number of hydrogen-bond donors (Lipinski definition) is 1. The lowest BCUT2D eigenvalue weighted by molar-refractivity contribution is -0.139. The number of rotatable bonds is 2. The lowest BCUT2D eigenvalue weighted by Gasteiger charge is -2.23. The fraction of sp³-hybridized carbons (Fsp3) is 0.462. The Morgan fingerprint density at radius 1 is 1.18 bits per heavy atom. The second-order valence-corrected chi connectivity index (χ2v) is 6.13. The Bertz CT molecular complexity index is 380. The topological polar surface area (TPSA) is 46.5 Å². The first-order chi connectivity index (χ1) is 8.15. The van der Waals surface area contributed by atoms with Crippen molar-refractivity contribution in [1.29, 1.82) is 0 Å². The third-order valence-corrected chi connectivity index (χ3v) is 4.29. The van der Waals surface area contributed by atoms with Gasteiger partial charge in [-0.2, -0.15) is 0 Å². The summed E-state index contributed by atoms with van der Waals surface area (Å²) in [6, 6.07) is 6.25. The molecule has 1 fully saturated rings. The van der Waals surface area contributed by atoms with E-state index in [1.54, 1.807) is 12.1 Å². The van der Waals surface area contributed by atoms with Gasteiger partial charge in [0.25, 0.3) is 0 Å². The molecule has 0 radical (unpaired) electrons. The van der Waals surface area contributed by atoms with Gasteiger partial charge in [0.15, 0.2) is 0 Å². The molecule has 0 atom stereocenters. The molecule has 1 aromatic carbocycles. The zero-order chi connectivity index (χ0) is 12.3. The van der Waals surface area contributed by atoms with Gasteiger partial charge in [-0.05, 0) is 49.9 Å². The summed E-state index contributed by atoms with van der Waals surface area (Å²) >= 11 is 2.44. The number of hydrogen-bond acceptors (Lipinski definition) is 3. The summed E-state index contributed by atoms with van der Waals surface area (Å²) in [7, 11) is 0. The van der Waals surface area contributed by atoms with E-state index in [0.717, 1.165) is 25.7 Å². The fourth-order valence-electron chi connectivity index (χ4n) is 2.00. The van der Waals surface area contributed by atoms with Gasteiger partial charge < -0.3 is 9.84 Å². The van der Waals surface area contributed by atoms with Gasteiger partial charge in [-0.1, -0.05) is 22.6 Å². The minimum absolute atomic E-state index is 0.0369. The number of halogens is 1. The molecule has 0 bridgehead atoms. The van der Waals surface area contributed by atoms with Gasteiger partial charge in [-0.3, -0.25) is 4.79 Å². The molecule has 4 heteroatoms. The van der Waals surface area contributed by atoms with Gasteiger partial charge in [0.2, 0.25) is 0 Å². The Kier molecular flexibility index (Phi) is 4.25. The van der Waals surface area contributed by atoms with Crippen molar-refractivity contribution >= 4 is 28.6 Å². The predicted octanol–water partition coefficient (Wildman–Crippen LogP) is 3.29. The molecule has 0 aliphatic heterocycles. The molecule has 0 spiro atoms. The molecule has 0 aromatic heterocycles. The summed E-state index contributed by atoms with van der Waals surface area (Å²) in [5.74, 6) is 0.577. The molecule has 0 saturated heterocycles. The molecule has 17 heavy (non-hydrogen) atoms. The minimum Gasteiger partial charge on any atom is -0.508 e. The second-order valence-electron chi connectivity index (χ2n) is 4.36. The van der Waals surface area contributed by atoms with Crippen molar-refractivity contribution in [3.05, 3.63) is 24.3 Å². The van der Waals surface area contributed by atoms with Gasteiger partial charge in [0.05, 0.1) is 5.92 Å². The molecule has 3 nitrogen and oxygen atoms in total. The molecule has 92 valence electrons. The molecule has 1 aliphatic carbocycles. The van der Waals surface area contributed by atoms with Gasteiger partial charge in [-0.15, -0.1) is 0 Å². The van der Waals surface area contributed by atoms with Crippen molar-refractivity contribution < 1.29 is 14.6 Å². The van der Waals surface area contributed by atoms with Crippen LogP contribution in [0.15, 0.2) is 24.3 Å². The summed E-state index contributed by atoms with van der Waals surface area (Å²) in [4.78, 5) is 11.9. The molecular weight excluding hydrogens is 331 g/mol. The SMILES string of the molecule is O=C(Oc1ccc(O)cc1)C1CCC(I)CC1. The number of alkyl halides is 1. The molecule has 1 saturated carbocycles. The normalized spacial score (nSPS) is 24.3. The number of aromatic hydroxyl groups is 1. The quantitative estimate of drug-likeness (QED) is 0.387. The maximum atomic E-state index is 11.9. The van der Waals surface area contributed by atoms with E-state index in [2.05, 4.69) is 22.6 Å². The lowest BCUT2D eigenvalue weighted by Crippen LogP contribution is -2.25. The zero-order valence-electron chi connectivity index (χ0n) is 9.43. The Morgan fingerprint density at radius 3 is 2.35 bits per heavy atom. The molecule has 2 rings (SSSR count). The largest absolute Gasteiger partial charge is 0.508 e. The Hall–Kier alpha value is -0.780. The van der Waals surface area contributed by atoms with Crippen LogP contribution in [0.3, 0.4) is 0 Å². The molecule has 1 aliphatic rings. The smallest absolute Gasteiger partial charge is 0.314 e. The summed E-state index contributed by atoms with van der Waals surface area (Å²) in [6.45, 7) is 0. The number of esters is 1.